The lowest BCUT2D eigenvalue weighted by atomic mass is 10.5. The first-order valence-corrected chi connectivity index (χ1v) is 5.60. The molecule has 54 valence electrons. The molecule has 0 fully saturated rings. The summed E-state index contributed by atoms with van der Waals surface area (Å²) in [6, 6.07) is 0. The Morgan fingerprint density at radius 2 is 2.00 bits per heavy atom. The van der Waals surface area contributed by atoms with E-state index >= 15 is 0 Å². The molecule has 0 spiro atoms. The lowest BCUT2D eigenvalue weighted by molar-refractivity contribution is 0.216. The zero-order valence-corrected chi connectivity index (χ0v) is 9.14. The molecule has 0 amide bonds. The van der Waals surface area contributed by atoms with Crippen molar-refractivity contribution in [3.8, 4) is 0 Å². The van der Waals surface area contributed by atoms with E-state index < -0.39 is 7.60 Å². The van der Waals surface area contributed by atoms with Gasteiger partial charge in [0, 0.05) is 6.66 Å². The van der Waals surface area contributed by atoms with Gasteiger partial charge in [-0.3, -0.25) is 4.57 Å². The molecule has 1 unspecified atom stereocenters. The first kappa shape index (κ1) is 9.68. The summed E-state index contributed by atoms with van der Waals surface area (Å²) in [5, 5.41) is 0. The number of hydrogen-bond donors (Lipinski definition) is 0. The summed E-state index contributed by atoms with van der Waals surface area (Å²) in [5.74, 6) is 0. The Bertz CT molecular complexity index is 125. The van der Waals surface area contributed by atoms with E-state index in [0.29, 0.717) is 16.6 Å². The summed E-state index contributed by atoms with van der Waals surface area (Å²) in [4.78, 5) is 0. The Morgan fingerprint density at radius 3 is 2.11 bits per heavy atom. The van der Waals surface area contributed by atoms with Crippen molar-refractivity contribution in [1.29, 1.82) is 0 Å². The molecule has 3 nitrogen and oxygen atoms in total. The van der Waals surface area contributed by atoms with Gasteiger partial charge < -0.3 is 8.10 Å². The van der Waals surface area contributed by atoms with Crippen molar-refractivity contribution < 1.29 is 12.7 Å². The van der Waals surface area contributed by atoms with Gasteiger partial charge in [0.2, 0.25) is 0 Å². The summed E-state index contributed by atoms with van der Waals surface area (Å²) in [6.07, 6.45) is -0.0187. The van der Waals surface area contributed by atoms with Gasteiger partial charge in [-0.25, -0.2) is 0 Å². The largest absolute Gasteiger partial charge is 0.443 e. The molecule has 5 heteroatoms. The highest BCUT2D eigenvalue weighted by atomic mass is 31.2. The molecular formula is C4H12AlO3P. The van der Waals surface area contributed by atoms with Crippen molar-refractivity contribution in [1.82, 2.24) is 0 Å². The smallest absolute Gasteiger partial charge is 0.422 e. The van der Waals surface area contributed by atoms with E-state index in [2.05, 4.69) is 0 Å². The van der Waals surface area contributed by atoms with Gasteiger partial charge in [-0.15, -0.1) is 0 Å². The van der Waals surface area contributed by atoms with E-state index in [1.807, 2.05) is 13.8 Å². The van der Waals surface area contributed by atoms with Crippen LogP contribution >= 0.6 is 7.60 Å². The minimum Gasteiger partial charge on any atom is -0.443 e. The summed E-state index contributed by atoms with van der Waals surface area (Å²) in [7, 11) is -2.67. The van der Waals surface area contributed by atoms with E-state index in [-0.39, 0.29) is 6.10 Å². The second-order valence-electron chi connectivity index (χ2n) is 2.11. The van der Waals surface area contributed by atoms with E-state index in [9.17, 15) is 4.57 Å². The highest BCUT2D eigenvalue weighted by Crippen LogP contribution is 2.43. The molecule has 0 heterocycles. The van der Waals surface area contributed by atoms with Gasteiger partial charge in [0.1, 0.15) is 0 Å². The van der Waals surface area contributed by atoms with Crippen LogP contribution in [0.5, 0.6) is 0 Å². The highest BCUT2D eigenvalue weighted by molar-refractivity contribution is 7.53. The standard InChI is InChI=1S/C4H11O3P.Al.2H/c1-4(2)7-8(3,5)6;;;/h4H,1-3H3,(H,5,6);;;/q;+1;;/p-1. The van der Waals surface area contributed by atoms with Crippen molar-refractivity contribution in [2.24, 2.45) is 0 Å². The Balaban J connectivity index is 3.73. The molecule has 0 aromatic carbocycles. The lowest BCUT2D eigenvalue weighted by Crippen LogP contribution is -2.00. The molecule has 0 aromatic rings. The molecule has 0 aliphatic carbocycles. The normalized spacial score (nSPS) is 17.8. The summed E-state index contributed by atoms with van der Waals surface area (Å²) >= 11 is 0.465. The molecule has 0 saturated carbocycles. The van der Waals surface area contributed by atoms with Gasteiger partial charge in [0.25, 0.3) is 7.60 Å². The predicted octanol–water partition coefficient (Wildman–Crippen LogP) is 0.799. The van der Waals surface area contributed by atoms with Crippen LogP contribution in [0.15, 0.2) is 0 Å². The number of hydrogen-bond acceptors (Lipinski definition) is 3. The van der Waals surface area contributed by atoms with Crippen molar-refractivity contribution in [3.05, 3.63) is 0 Å². The van der Waals surface area contributed by atoms with Crippen LogP contribution in [0.25, 0.3) is 0 Å². The molecule has 9 heavy (non-hydrogen) atoms. The van der Waals surface area contributed by atoms with Crippen LogP contribution in [0.2, 0.25) is 0 Å². The molecule has 0 radical (unpaired) electrons. The molecular weight excluding hydrogens is 154 g/mol. The average Bonchev–Trinajstić information content (AvgIpc) is 1.63. The van der Waals surface area contributed by atoms with Crippen LogP contribution < -0.4 is 0 Å². The maximum absolute atomic E-state index is 11.0. The van der Waals surface area contributed by atoms with Crippen LogP contribution in [-0.2, 0) is 12.7 Å². The van der Waals surface area contributed by atoms with Gasteiger partial charge >= 0.3 is 16.6 Å². The summed E-state index contributed by atoms with van der Waals surface area (Å²) in [6.45, 7) is 5.15. The average molecular weight is 166 g/mol. The van der Waals surface area contributed by atoms with E-state index in [1.54, 1.807) is 0 Å². The second kappa shape index (κ2) is 3.75. The van der Waals surface area contributed by atoms with Crippen LogP contribution in [0.4, 0.5) is 0 Å². The van der Waals surface area contributed by atoms with Crippen molar-refractivity contribution in [2.45, 2.75) is 20.0 Å². The first-order valence-electron chi connectivity index (χ1n) is 2.79. The Kier molecular flexibility index (Phi) is 4.04. The molecule has 0 aliphatic heterocycles. The summed E-state index contributed by atoms with van der Waals surface area (Å²) in [5.41, 5.74) is 0. The molecule has 0 aliphatic rings. The fourth-order valence-corrected chi connectivity index (χ4v) is 1.54. The fourth-order valence-electron chi connectivity index (χ4n) is 0.426. The maximum Gasteiger partial charge on any atom is 0.422 e. The lowest BCUT2D eigenvalue weighted by Gasteiger charge is -2.14. The Hall–Kier alpha value is 0.682. The van der Waals surface area contributed by atoms with Crippen LogP contribution in [0, 0.1) is 0 Å². The van der Waals surface area contributed by atoms with Gasteiger partial charge in [-0.1, -0.05) is 0 Å². The Morgan fingerprint density at radius 1 is 1.56 bits per heavy atom. The van der Waals surface area contributed by atoms with Gasteiger partial charge in [0.15, 0.2) is 0 Å². The maximum atomic E-state index is 11.0. The van der Waals surface area contributed by atoms with Gasteiger partial charge in [-0.2, -0.15) is 0 Å². The van der Waals surface area contributed by atoms with E-state index in [0.717, 1.165) is 0 Å². The Labute approximate surface area is 64.0 Å². The van der Waals surface area contributed by atoms with Crippen LogP contribution in [0.3, 0.4) is 0 Å². The third-order valence-electron chi connectivity index (χ3n) is 0.734. The zero-order valence-electron chi connectivity index (χ0n) is 6.25. The van der Waals surface area contributed by atoms with Crippen molar-refractivity contribution in [3.63, 3.8) is 0 Å². The highest BCUT2D eigenvalue weighted by Gasteiger charge is 2.13. The predicted molar refractivity (Wildman–Crippen MR) is 39.4 cm³/mol. The molecule has 0 rings (SSSR count). The van der Waals surface area contributed by atoms with Crippen molar-refractivity contribution in [2.75, 3.05) is 6.66 Å². The van der Waals surface area contributed by atoms with Crippen molar-refractivity contribution >= 4 is 24.2 Å². The topological polar surface area (TPSA) is 35.5 Å². The van der Waals surface area contributed by atoms with Gasteiger partial charge in [-0.05, 0) is 13.8 Å². The minimum absolute atomic E-state index is 0.0187. The SMILES string of the molecule is CC(C)OP(C)(=O)[O][AlH2]. The third-order valence-corrected chi connectivity index (χ3v) is 4.19. The van der Waals surface area contributed by atoms with E-state index in [4.69, 9.17) is 8.10 Å². The number of rotatable bonds is 3. The molecule has 1 atom stereocenters. The zero-order chi connectivity index (χ0) is 7.49. The third kappa shape index (κ3) is 5.14. The summed E-state index contributed by atoms with van der Waals surface area (Å²) < 4.78 is 20.7. The molecule has 0 saturated heterocycles. The van der Waals surface area contributed by atoms with E-state index in [1.165, 1.54) is 6.66 Å². The quantitative estimate of drug-likeness (QED) is 0.459. The monoisotopic (exact) mass is 166 g/mol. The first-order chi connectivity index (χ1) is 3.98. The van der Waals surface area contributed by atoms with Crippen LogP contribution in [0.1, 0.15) is 13.8 Å². The fraction of sp³-hybridized carbons (Fsp3) is 1.00. The molecule has 0 N–H and O–H groups in total. The second-order valence-corrected chi connectivity index (χ2v) is 5.32. The van der Waals surface area contributed by atoms with Crippen LogP contribution in [-0.4, -0.2) is 29.4 Å². The minimum atomic E-state index is -2.67. The van der Waals surface area contributed by atoms with Gasteiger partial charge in [0.05, 0.1) is 6.10 Å². The molecule has 0 aromatic heterocycles. The molecule has 0 bridgehead atoms.